The molecular weight excluding hydrogens is 368 g/mol. The number of amides is 1. The van der Waals surface area contributed by atoms with Gasteiger partial charge in [0, 0.05) is 24.0 Å². The van der Waals surface area contributed by atoms with E-state index in [-0.39, 0.29) is 11.4 Å². The third-order valence-corrected chi connectivity index (χ3v) is 3.86. The molecular formula is C20H17F2N3O3. The Hall–Kier alpha value is -3.68. The van der Waals surface area contributed by atoms with Crippen LogP contribution in [-0.4, -0.2) is 25.1 Å². The van der Waals surface area contributed by atoms with Crippen LogP contribution in [0.25, 0.3) is 0 Å². The van der Waals surface area contributed by atoms with Crippen LogP contribution in [0.3, 0.4) is 0 Å². The Morgan fingerprint density at radius 2 is 1.75 bits per heavy atom. The third kappa shape index (κ3) is 4.35. The molecule has 8 heteroatoms. The summed E-state index contributed by atoms with van der Waals surface area (Å²) in [5, 5.41) is 5.50. The van der Waals surface area contributed by atoms with Crippen LogP contribution >= 0.6 is 0 Å². The van der Waals surface area contributed by atoms with Gasteiger partial charge < -0.3 is 20.1 Å². The summed E-state index contributed by atoms with van der Waals surface area (Å²) < 4.78 is 37.2. The van der Waals surface area contributed by atoms with E-state index in [1.54, 1.807) is 24.3 Å². The topological polar surface area (TPSA) is 72.5 Å². The molecule has 28 heavy (non-hydrogen) atoms. The maximum atomic E-state index is 13.8. The van der Waals surface area contributed by atoms with Gasteiger partial charge in [-0.15, -0.1) is 0 Å². The third-order valence-electron chi connectivity index (χ3n) is 3.86. The Balaban J connectivity index is 1.79. The Labute approximate surface area is 160 Å². The monoisotopic (exact) mass is 385 g/mol. The molecule has 0 bridgehead atoms. The predicted octanol–water partition coefficient (Wildman–Crippen LogP) is 4.37. The van der Waals surface area contributed by atoms with E-state index >= 15 is 0 Å². The van der Waals surface area contributed by atoms with Gasteiger partial charge in [0.25, 0.3) is 5.91 Å². The SMILES string of the molecule is COc1ccc(NC(=O)c2cc(Nc3ccc(F)cc3F)ccn2)c(OC)c1. The molecule has 1 aromatic heterocycles. The first-order valence-corrected chi connectivity index (χ1v) is 8.21. The lowest BCUT2D eigenvalue weighted by Gasteiger charge is -2.12. The number of benzene rings is 2. The summed E-state index contributed by atoms with van der Waals surface area (Å²) in [6.07, 6.45) is 1.41. The van der Waals surface area contributed by atoms with Crippen molar-refractivity contribution in [1.29, 1.82) is 0 Å². The minimum absolute atomic E-state index is 0.0794. The molecule has 0 saturated heterocycles. The van der Waals surface area contributed by atoms with Crippen molar-refractivity contribution in [3.8, 4) is 11.5 Å². The number of hydrogen-bond acceptors (Lipinski definition) is 5. The number of rotatable bonds is 6. The summed E-state index contributed by atoms with van der Waals surface area (Å²) in [4.78, 5) is 16.6. The fourth-order valence-corrected chi connectivity index (χ4v) is 2.47. The Morgan fingerprint density at radius 1 is 0.964 bits per heavy atom. The maximum absolute atomic E-state index is 13.8. The lowest BCUT2D eigenvalue weighted by Crippen LogP contribution is -2.14. The minimum Gasteiger partial charge on any atom is -0.497 e. The molecule has 0 fully saturated rings. The lowest BCUT2D eigenvalue weighted by atomic mass is 10.2. The average molecular weight is 385 g/mol. The summed E-state index contributed by atoms with van der Waals surface area (Å²) in [5.74, 6) is -0.889. The summed E-state index contributed by atoms with van der Waals surface area (Å²) in [6, 6.07) is 11.2. The van der Waals surface area contributed by atoms with Gasteiger partial charge >= 0.3 is 0 Å². The van der Waals surface area contributed by atoms with Crippen molar-refractivity contribution >= 4 is 23.0 Å². The van der Waals surface area contributed by atoms with Crippen LogP contribution in [0.2, 0.25) is 0 Å². The minimum atomic E-state index is -0.745. The highest BCUT2D eigenvalue weighted by atomic mass is 19.1. The fourth-order valence-electron chi connectivity index (χ4n) is 2.47. The maximum Gasteiger partial charge on any atom is 0.274 e. The molecule has 0 radical (unpaired) electrons. The van der Waals surface area contributed by atoms with Gasteiger partial charge in [-0.3, -0.25) is 9.78 Å². The quantitative estimate of drug-likeness (QED) is 0.659. The zero-order valence-corrected chi connectivity index (χ0v) is 15.1. The van der Waals surface area contributed by atoms with Crippen LogP contribution < -0.4 is 20.1 Å². The number of nitrogens with one attached hydrogen (secondary N) is 2. The van der Waals surface area contributed by atoms with Gasteiger partial charge in [0.15, 0.2) is 0 Å². The normalized spacial score (nSPS) is 10.3. The number of pyridine rings is 1. The molecule has 3 rings (SSSR count). The molecule has 0 aliphatic rings. The summed E-state index contributed by atoms with van der Waals surface area (Å²) >= 11 is 0. The van der Waals surface area contributed by atoms with E-state index in [0.29, 0.717) is 22.9 Å². The average Bonchev–Trinajstić information content (AvgIpc) is 2.70. The summed E-state index contributed by atoms with van der Waals surface area (Å²) in [7, 11) is 3.00. The van der Waals surface area contributed by atoms with E-state index in [4.69, 9.17) is 9.47 Å². The number of methoxy groups -OCH3 is 2. The number of carbonyl (C=O) groups is 1. The smallest absolute Gasteiger partial charge is 0.274 e. The van der Waals surface area contributed by atoms with E-state index in [1.807, 2.05) is 0 Å². The van der Waals surface area contributed by atoms with Gasteiger partial charge in [0.05, 0.1) is 25.6 Å². The highest BCUT2D eigenvalue weighted by molar-refractivity contribution is 6.04. The number of carbonyl (C=O) groups excluding carboxylic acids is 1. The number of halogens is 2. The molecule has 1 amide bonds. The van der Waals surface area contributed by atoms with Crippen LogP contribution in [0.4, 0.5) is 25.8 Å². The van der Waals surface area contributed by atoms with Gasteiger partial charge in [-0.25, -0.2) is 8.78 Å². The molecule has 0 aliphatic heterocycles. The zero-order valence-electron chi connectivity index (χ0n) is 15.1. The van der Waals surface area contributed by atoms with Crippen LogP contribution in [0.5, 0.6) is 11.5 Å². The molecule has 3 aromatic rings. The predicted molar refractivity (Wildman–Crippen MR) is 101 cm³/mol. The fraction of sp³-hybridized carbons (Fsp3) is 0.100. The number of ether oxygens (including phenoxy) is 2. The van der Waals surface area contributed by atoms with Crippen molar-refractivity contribution in [3.05, 3.63) is 72.1 Å². The standard InChI is InChI=1S/C20H17F2N3O3/c1-27-14-4-6-17(19(11-14)28-2)25-20(26)18-10-13(7-8-23-18)24-16-5-3-12(21)9-15(16)22/h3-11H,1-2H3,(H,23,24)(H,25,26). The van der Waals surface area contributed by atoms with Crippen LogP contribution in [0, 0.1) is 11.6 Å². The van der Waals surface area contributed by atoms with Crippen molar-refractivity contribution in [2.75, 3.05) is 24.9 Å². The first-order valence-electron chi connectivity index (χ1n) is 8.21. The molecule has 0 atom stereocenters. The van der Waals surface area contributed by atoms with Crippen LogP contribution in [-0.2, 0) is 0 Å². The first kappa shape index (κ1) is 19.1. The second-order valence-electron chi connectivity index (χ2n) is 5.70. The van der Waals surface area contributed by atoms with Crippen LogP contribution in [0.1, 0.15) is 10.5 Å². The van der Waals surface area contributed by atoms with Crippen molar-refractivity contribution < 1.29 is 23.0 Å². The summed E-state index contributed by atoms with van der Waals surface area (Å²) in [6.45, 7) is 0. The molecule has 2 N–H and O–H groups in total. The second-order valence-corrected chi connectivity index (χ2v) is 5.70. The van der Waals surface area contributed by atoms with Gasteiger partial charge in [-0.1, -0.05) is 0 Å². The first-order chi connectivity index (χ1) is 13.5. The summed E-state index contributed by atoms with van der Waals surface area (Å²) in [5.41, 5.74) is 1.05. The van der Waals surface area contributed by atoms with Crippen LogP contribution in [0.15, 0.2) is 54.7 Å². The van der Waals surface area contributed by atoms with Crippen molar-refractivity contribution in [3.63, 3.8) is 0 Å². The Morgan fingerprint density at radius 3 is 2.46 bits per heavy atom. The van der Waals surface area contributed by atoms with E-state index in [0.717, 1.165) is 12.1 Å². The number of hydrogen-bond donors (Lipinski definition) is 2. The van der Waals surface area contributed by atoms with Gasteiger partial charge in [0.2, 0.25) is 0 Å². The van der Waals surface area contributed by atoms with E-state index in [1.165, 1.54) is 32.5 Å². The molecule has 144 valence electrons. The molecule has 0 saturated carbocycles. The van der Waals surface area contributed by atoms with Crippen molar-refractivity contribution in [2.45, 2.75) is 0 Å². The van der Waals surface area contributed by atoms with Crippen molar-refractivity contribution in [1.82, 2.24) is 4.98 Å². The van der Waals surface area contributed by atoms with E-state index in [9.17, 15) is 13.6 Å². The van der Waals surface area contributed by atoms with Gasteiger partial charge in [-0.2, -0.15) is 0 Å². The molecule has 0 spiro atoms. The molecule has 0 unspecified atom stereocenters. The number of nitrogens with zero attached hydrogens (tertiary/aromatic N) is 1. The Bertz CT molecular complexity index is 1010. The highest BCUT2D eigenvalue weighted by Crippen LogP contribution is 2.29. The molecule has 0 aliphatic carbocycles. The molecule has 1 heterocycles. The van der Waals surface area contributed by atoms with Crippen molar-refractivity contribution in [2.24, 2.45) is 0 Å². The number of anilines is 3. The number of aromatic nitrogens is 1. The van der Waals surface area contributed by atoms with Gasteiger partial charge in [-0.05, 0) is 36.4 Å². The zero-order chi connectivity index (χ0) is 20.1. The van der Waals surface area contributed by atoms with E-state index in [2.05, 4.69) is 15.6 Å². The van der Waals surface area contributed by atoms with Gasteiger partial charge in [0.1, 0.15) is 28.8 Å². The molecule has 6 nitrogen and oxygen atoms in total. The highest BCUT2D eigenvalue weighted by Gasteiger charge is 2.13. The van der Waals surface area contributed by atoms with E-state index < -0.39 is 17.5 Å². The Kier molecular flexibility index (Phi) is 5.69. The lowest BCUT2D eigenvalue weighted by molar-refractivity contribution is 0.102. The largest absolute Gasteiger partial charge is 0.497 e. The molecule has 2 aromatic carbocycles. The second kappa shape index (κ2) is 8.34.